The first kappa shape index (κ1) is 19.8. The Bertz CT molecular complexity index is 1200. The Balaban J connectivity index is 1.58. The van der Waals surface area contributed by atoms with Crippen LogP contribution in [0.4, 0.5) is 5.69 Å². The molecule has 5 rings (SSSR count). The van der Waals surface area contributed by atoms with Crippen LogP contribution in [0.15, 0.2) is 72.8 Å². The summed E-state index contributed by atoms with van der Waals surface area (Å²) in [5, 5.41) is 0. The average molecular weight is 428 g/mol. The van der Waals surface area contributed by atoms with Crippen molar-refractivity contribution in [2.24, 2.45) is 0 Å². The number of fused-ring (bicyclic) bond motifs is 1. The maximum absolute atomic E-state index is 13.4. The number of anilines is 1. The molecular formula is C25H20N2O5. The summed E-state index contributed by atoms with van der Waals surface area (Å²) in [7, 11) is 3.13. The first-order valence-corrected chi connectivity index (χ1v) is 10.1. The zero-order chi connectivity index (χ0) is 22.4. The van der Waals surface area contributed by atoms with Crippen LogP contribution in [0.25, 0.3) is 0 Å². The molecule has 2 heterocycles. The highest BCUT2D eigenvalue weighted by Gasteiger charge is 2.57. The fourth-order valence-electron chi connectivity index (χ4n) is 4.37. The van der Waals surface area contributed by atoms with E-state index in [1.54, 1.807) is 73.7 Å². The third kappa shape index (κ3) is 2.85. The van der Waals surface area contributed by atoms with Gasteiger partial charge in [0.25, 0.3) is 17.7 Å². The highest BCUT2D eigenvalue weighted by atomic mass is 16.5. The van der Waals surface area contributed by atoms with Crippen LogP contribution in [0, 0.1) is 0 Å². The molecule has 0 unspecified atom stereocenters. The molecule has 0 bridgehead atoms. The van der Waals surface area contributed by atoms with Crippen LogP contribution in [0.3, 0.4) is 0 Å². The molecule has 3 aromatic rings. The monoisotopic (exact) mass is 428 g/mol. The number of rotatable bonds is 5. The van der Waals surface area contributed by atoms with Crippen LogP contribution in [-0.4, -0.2) is 42.9 Å². The molecule has 1 fully saturated rings. The van der Waals surface area contributed by atoms with E-state index in [1.165, 1.54) is 0 Å². The summed E-state index contributed by atoms with van der Waals surface area (Å²) in [6, 6.07) is 19.5. The molecule has 2 atom stereocenters. The number of ether oxygens (including phenoxy) is 2. The zero-order valence-corrected chi connectivity index (χ0v) is 17.5. The van der Waals surface area contributed by atoms with Gasteiger partial charge < -0.3 is 14.4 Å². The van der Waals surface area contributed by atoms with E-state index in [0.717, 1.165) is 10.5 Å². The number of β-lactam (4-membered cyclic amide) rings is 1. The topological polar surface area (TPSA) is 76.2 Å². The molecule has 0 aliphatic carbocycles. The molecule has 32 heavy (non-hydrogen) atoms. The molecule has 0 spiro atoms. The van der Waals surface area contributed by atoms with Crippen molar-refractivity contribution in [1.82, 2.24) is 4.90 Å². The predicted molar refractivity (Wildman–Crippen MR) is 117 cm³/mol. The molecule has 0 N–H and O–H groups in total. The van der Waals surface area contributed by atoms with Gasteiger partial charge in [0.05, 0.1) is 31.4 Å². The number of nitrogens with zero attached hydrogens (tertiary/aromatic N) is 2. The van der Waals surface area contributed by atoms with Crippen LogP contribution in [0.1, 0.15) is 32.3 Å². The van der Waals surface area contributed by atoms with Gasteiger partial charge in [-0.2, -0.15) is 0 Å². The number of hydrogen-bond donors (Lipinski definition) is 0. The minimum absolute atomic E-state index is 0.317. The molecule has 1 saturated heterocycles. The summed E-state index contributed by atoms with van der Waals surface area (Å²) in [4.78, 5) is 42.3. The quantitative estimate of drug-likeness (QED) is 0.460. The van der Waals surface area contributed by atoms with E-state index in [1.807, 2.05) is 18.2 Å². The van der Waals surface area contributed by atoms with Crippen molar-refractivity contribution >= 4 is 23.4 Å². The second-order valence-electron chi connectivity index (χ2n) is 7.60. The highest BCUT2D eigenvalue weighted by Crippen LogP contribution is 2.45. The Morgan fingerprint density at radius 3 is 1.88 bits per heavy atom. The van der Waals surface area contributed by atoms with Gasteiger partial charge in [-0.1, -0.05) is 24.3 Å². The number of amides is 3. The van der Waals surface area contributed by atoms with E-state index < -0.39 is 23.9 Å². The van der Waals surface area contributed by atoms with Crippen molar-refractivity contribution in [1.29, 1.82) is 0 Å². The average Bonchev–Trinajstić information content (AvgIpc) is 3.08. The van der Waals surface area contributed by atoms with Crippen LogP contribution < -0.4 is 14.4 Å². The van der Waals surface area contributed by atoms with Crippen LogP contribution in [0.5, 0.6) is 11.5 Å². The van der Waals surface area contributed by atoms with E-state index in [-0.39, 0.29) is 5.91 Å². The molecule has 160 valence electrons. The Hall–Kier alpha value is -4.13. The first-order chi connectivity index (χ1) is 15.5. The predicted octanol–water partition coefficient (Wildman–Crippen LogP) is 3.46. The van der Waals surface area contributed by atoms with Crippen molar-refractivity contribution in [3.05, 3.63) is 89.5 Å². The van der Waals surface area contributed by atoms with Crippen molar-refractivity contribution in [2.45, 2.75) is 12.1 Å². The number of hydrogen-bond acceptors (Lipinski definition) is 5. The maximum Gasteiger partial charge on any atom is 0.262 e. The Kier molecular flexibility index (Phi) is 4.66. The lowest BCUT2D eigenvalue weighted by molar-refractivity contribution is -0.130. The van der Waals surface area contributed by atoms with Gasteiger partial charge in [0.2, 0.25) is 0 Å². The Morgan fingerprint density at radius 2 is 1.28 bits per heavy atom. The summed E-state index contributed by atoms with van der Waals surface area (Å²) in [6.45, 7) is 0. The fraction of sp³-hybridized carbons (Fsp3) is 0.160. The van der Waals surface area contributed by atoms with Crippen molar-refractivity contribution in [3.8, 4) is 11.5 Å². The van der Waals surface area contributed by atoms with Gasteiger partial charge in [0.1, 0.15) is 17.5 Å². The molecule has 2 aliphatic rings. The molecular weight excluding hydrogens is 408 g/mol. The molecule has 3 aromatic carbocycles. The lowest BCUT2D eigenvalue weighted by Gasteiger charge is -2.49. The third-order valence-electron chi connectivity index (χ3n) is 5.96. The van der Waals surface area contributed by atoms with Gasteiger partial charge in [-0.25, -0.2) is 0 Å². The minimum Gasteiger partial charge on any atom is -0.497 e. The molecule has 2 aliphatic heterocycles. The van der Waals surface area contributed by atoms with E-state index in [2.05, 4.69) is 0 Å². The normalized spacial score (nSPS) is 19.6. The molecule has 7 heteroatoms. The van der Waals surface area contributed by atoms with Crippen LogP contribution >= 0.6 is 0 Å². The summed E-state index contributed by atoms with van der Waals surface area (Å²) < 4.78 is 10.6. The zero-order valence-electron chi connectivity index (χ0n) is 17.5. The third-order valence-corrected chi connectivity index (χ3v) is 5.96. The standard InChI is InChI=1S/C25H20N2O5/c1-31-17-12-10-16(11-13-17)26-21(15-6-5-7-18(14-15)32-2)22(25(26)30)27-23(28)19-8-3-4-9-20(19)24(27)29/h3-14,21-22H,1-2H3/t21-,22+/m1/s1. The fourth-order valence-corrected chi connectivity index (χ4v) is 4.37. The molecule has 0 radical (unpaired) electrons. The largest absolute Gasteiger partial charge is 0.497 e. The summed E-state index contributed by atoms with van der Waals surface area (Å²) in [5.74, 6) is 0.0594. The second-order valence-corrected chi connectivity index (χ2v) is 7.60. The highest BCUT2D eigenvalue weighted by molar-refractivity contribution is 6.24. The number of benzene rings is 3. The van der Waals surface area contributed by atoms with Gasteiger partial charge in [-0.3, -0.25) is 19.3 Å². The molecule has 3 amide bonds. The lowest BCUT2D eigenvalue weighted by atomic mass is 9.86. The van der Waals surface area contributed by atoms with Crippen LogP contribution in [-0.2, 0) is 4.79 Å². The summed E-state index contributed by atoms with van der Waals surface area (Å²) in [5.41, 5.74) is 2.05. The smallest absolute Gasteiger partial charge is 0.262 e. The van der Waals surface area contributed by atoms with Gasteiger partial charge >= 0.3 is 0 Å². The van der Waals surface area contributed by atoms with E-state index in [9.17, 15) is 14.4 Å². The molecule has 7 nitrogen and oxygen atoms in total. The Morgan fingerprint density at radius 1 is 0.656 bits per heavy atom. The summed E-state index contributed by atoms with van der Waals surface area (Å²) in [6.07, 6.45) is 0. The Labute approximate surface area is 184 Å². The number of methoxy groups -OCH3 is 2. The van der Waals surface area contributed by atoms with Crippen LogP contribution in [0.2, 0.25) is 0 Å². The maximum atomic E-state index is 13.4. The van der Waals surface area contributed by atoms with Gasteiger partial charge in [0.15, 0.2) is 0 Å². The number of carbonyl (C=O) groups excluding carboxylic acids is 3. The van der Waals surface area contributed by atoms with Crippen molar-refractivity contribution in [2.75, 3.05) is 19.1 Å². The van der Waals surface area contributed by atoms with Crippen molar-refractivity contribution in [3.63, 3.8) is 0 Å². The van der Waals surface area contributed by atoms with E-state index >= 15 is 0 Å². The van der Waals surface area contributed by atoms with E-state index in [0.29, 0.717) is 28.3 Å². The second kappa shape index (κ2) is 7.53. The lowest BCUT2D eigenvalue weighted by Crippen LogP contribution is -2.67. The summed E-state index contributed by atoms with van der Waals surface area (Å²) >= 11 is 0. The first-order valence-electron chi connectivity index (χ1n) is 10.1. The van der Waals surface area contributed by atoms with Gasteiger partial charge in [-0.05, 0) is 54.1 Å². The SMILES string of the molecule is COc1ccc(N2C(=O)[C@@H](N3C(=O)c4ccccc4C3=O)[C@H]2c2cccc(OC)c2)cc1. The molecule has 0 saturated carbocycles. The van der Waals surface area contributed by atoms with Crippen molar-refractivity contribution < 1.29 is 23.9 Å². The van der Waals surface area contributed by atoms with Gasteiger partial charge in [-0.15, -0.1) is 0 Å². The minimum atomic E-state index is -0.948. The van der Waals surface area contributed by atoms with E-state index in [4.69, 9.17) is 9.47 Å². The number of carbonyl (C=O) groups is 3. The van der Waals surface area contributed by atoms with Gasteiger partial charge in [0, 0.05) is 5.69 Å². The number of imide groups is 1. The molecule has 0 aromatic heterocycles.